The molecule has 33 heavy (non-hydrogen) atoms. The standard InChI is InChI=1S/C26H40NO6/c1-24-10-8-17(28)12-16(24)6-7-18-19-9-11-26(32,25(19,2)13-20(29)23(18)24)21(30)15-33-22(31)14-27(3,4)5/h12,18-20,23,29,32H,6-11,13-15H2,1-5H3/q+1/t18-,19-,20-,23-,24+,25-,26+/m1/s1. The highest BCUT2D eigenvalue weighted by Crippen LogP contribution is 2.67. The first kappa shape index (κ1) is 24.6. The van der Waals surface area contributed by atoms with E-state index in [1.165, 1.54) is 0 Å². The molecule has 3 fully saturated rings. The average Bonchev–Trinajstić information content (AvgIpc) is 2.96. The van der Waals surface area contributed by atoms with E-state index in [2.05, 4.69) is 6.92 Å². The van der Waals surface area contributed by atoms with Crippen molar-refractivity contribution >= 4 is 17.5 Å². The molecule has 0 saturated heterocycles. The normalized spacial score (nSPS) is 42.6. The Bertz CT molecular complexity index is 890. The maximum atomic E-state index is 13.2. The number of ether oxygens (including phenoxy) is 1. The monoisotopic (exact) mass is 462 g/mol. The van der Waals surface area contributed by atoms with Gasteiger partial charge in [0, 0.05) is 11.8 Å². The second kappa shape index (κ2) is 7.99. The molecular formula is C26H40NO6+. The Hall–Kier alpha value is -1.57. The molecule has 4 aliphatic carbocycles. The number of carbonyl (C=O) groups is 3. The van der Waals surface area contributed by atoms with Crippen LogP contribution in [0.15, 0.2) is 11.6 Å². The summed E-state index contributed by atoms with van der Waals surface area (Å²) in [6, 6.07) is 0. The molecule has 7 heteroatoms. The third-order valence-corrected chi connectivity index (χ3v) is 9.48. The van der Waals surface area contributed by atoms with E-state index in [4.69, 9.17) is 4.74 Å². The smallest absolute Gasteiger partial charge is 0.362 e. The number of Topliss-reactive ketones (excluding diaryl/α,β-unsaturated/α-hetero) is 1. The van der Waals surface area contributed by atoms with Gasteiger partial charge in [0.1, 0.15) is 5.60 Å². The van der Waals surface area contributed by atoms with Crippen molar-refractivity contribution in [1.82, 2.24) is 0 Å². The number of aliphatic hydroxyl groups excluding tert-OH is 1. The lowest BCUT2D eigenvalue weighted by Gasteiger charge is -2.60. The molecule has 0 spiro atoms. The number of aliphatic hydroxyl groups is 2. The first-order valence-corrected chi connectivity index (χ1v) is 12.3. The van der Waals surface area contributed by atoms with Gasteiger partial charge in [-0.2, -0.15) is 0 Å². The van der Waals surface area contributed by atoms with E-state index in [1.807, 2.05) is 28.1 Å². The molecular weight excluding hydrogens is 422 g/mol. The number of carbonyl (C=O) groups excluding carboxylic acids is 3. The van der Waals surface area contributed by atoms with E-state index >= 15 is 0 Å². The fraction of sp³-hybridized carbons (Fsp3) is 0.808. The van der Waals surface area contributed by atoms with Crippen LogP contribution >= 0.6 is 0 Å². The molecule has 7 nitrogen and oxygen atoms in total. The van der Waals surface area contributed by atoms with Crippen LogP contribution in [0.2, 0.25) is 0 Å². The Morgan fingerprint density at radius 2 is 1.85 bits per heavy atom. The van der Waals surface area contributed by atoms with E-state index in [1.54, 1.807) is 6.08 Å². The molecule has 0 radical (unpaired) electrons. The number of hydrogen-bond donors (Lipinski definition) is 2. The van der Waals surface area contributed by atoms with E-state index in [0.29, 0.717) is 30.2 Å². The molecule has 3 saturated carbocycles. The zero-order valence-electron chi connectivity index (χ0n) is 20.7. The number of nitrogens with zero attached hydrogens (tertiary/aromatic N) is 1. The van der Waals surface area contributed by atoms with Crippen LogP contribution in [0.1, 0.15) is 58.8 Å². The van der Waals surface area contributed by atoms with Crippen molar-refractivity contribution in [3.05, 3.63) is 11.6 Å². The number of fused-ring (bicyclic) bond motifs is 5. The van der Waals surface area contributed by atoms with Gasteiger partial charge in [0.25, 0.3) is 0 Å². The van der Waals surface area contributed by atoms with Crippen LogP contribution in [0.5, 0.6) is 0 Å². The second-order valence-electron chi connectivity index (χ2n) is 12.5. The van der Waals surface area contributed by atoms with E-state index < -0.39 is 35.5 Å². The minimum Gasteiger partial charge on any atom is -0.453 e. The third-order valence-electron chi connectivity index (χ3n) is 9.48. The van der Waals surface area contributed by atoms with E-state index in [-0.39, 0.29) is 35.5 Å². The highest BCUT2D eigenvalue weighted by Gasteiger charge is 2.68. The van der Waals surface area contributed by atoms with Gasteiger partial charge in [0.2, 0.25) is 5.78 Å². The van der Waals surface area contributed by atoms with Gasteiger partial charge >= 0.3 is 5.97 Å². The number of hydrogen-bond acceptors (Lipinski definition) is 6. The van der Waals surface area contributed by atoms with Gasteiger partial charge in [-0.05, 0) is 67.8 Å². The zero-order valence-corrected chi connectivity index (χ0v) is 20.7. The molecule has 0 aromatic rings. The number of ketones is 2. The van der Waals surface area contributed by atoms with Crippen LogP contribution in [0.3, 0.4) is 0 Å². The summed E-state index contributed by atoms with van der Waals surface area (Å²) in [7, 11) is 5.60. The van der Waals surface area contributed by atoms with Crippen molar-refractivity contribution in [2.45, 2.75) is 70.5 Å². The van der Waals surface area contributed by atoms with Gasteiger partial charge in [-0.3, -0.25) is 9.59 Å². The van der Waals surface area contributed by atoms with E-state index in [0.717, 1.165) is 24.8 Å². The molecule has 0 bridgehead atoms. The molecule has 7 atom stereocenters. The topological polar surface area (TPSA) is 101 Å². The lowest BCUT2D eigenvalue weighted by molar-refractivity contribution is -0.862. The highest BCUT2D eigenvalue weighted by atomic mass is 16.5. The minimum absolute atomic E-state index is 0.0310. The molecule has 2 N–H and O–H groups in total. The SMILES string of the molecule is C[C@]12CCC(=O)C=C1CC[C@H]1[C@@H]2[C@H](O)C[C@]2(C)[C@@H]1CC[C@]2(O)C(=O)COC(=O)C[N+](C)(C)C. The van der Waals surface area contributed by atoms with Gasteiger partial charge in [-0.25, -0.2) is 4.79 Å². The largest absolute Gasteiger partial charge is 0.453 e. The van der Waals surface area contributed by atoms with Crippen molar-refractivity contribution in [2.75, 3.05) is 34.3 Å². The molecule has 0 amide bonds. The van der Waals surface area contributed by atoms with Gasteiger partial charge in [-0.15, -0.1) is 0 Å². The van der Waals surface area contributed by atoms with Gasteiger partial charge in [0.15, 0.2) is 18.9 Å². The number of rotatable bonds is 5. The number of allylic oxidation sites excluding steroid dienone is 1. The summed E-state index contributed by atoms with van der Waals surface area (Å²) < 4.78 is 5.64. The molecule has 0 unspecified atom stereocenters. The summed E-state index contributed by atoms with van der Waals surface area (Å²) >= 11 is 0. The molecule has 0 heterocycles. The summed E-state index contributed by atoms with van der Waals surface area (Å²) in [4.78, 5) is 37.4. The molecule has 4 aliphatic rings. The van der Waals surface area contributed by atoms with Crippen molar-refractivity contribution in [3.63, 3.8) is 0 Å². The van der Waals surface area contributed by atoms with Crippen LogP contribution in [0, 0.1) is 28.6 Å². The summed E-state index contributed by atoms with van der Waals surface area (Å²) in [5.41, 5.74) is -1.42. The molecule has 0 aromatic heterocycles. The number of esters is 1. The molecule has 4 rings (SSSR count). The van der Waals surface area contributed by atoms with Crippen molar-refractivity contribution in [2.24, 2.45) is 28.6 Å². The lowest BCUT2D eigenvalue weighted by atomic mass is 9.45. The Balaban J connectivity index is 1.55. The van der Waals surface area contributed by atoms with Gasteiger partial charge in [0.05, 0.1) is 27.2 Å². The summed E-state index contributed by atoms with van der Waals surface area (Å²) in [6.45, 7) is 3.83. The predicted molar refractivity (Wildman–Crippen MR) is 122 cm³/mol. The lowest BCUT2D eigenvalue weighted by Crippen LogP contribution is -2.62. The van der Waals surface area contributed by atoms with Crippen molar-refractivity contribution < 1.29 is 33.8 Å². The minimum atomic E-state index is -1.61. The van der Waals surface area contributed by atoms with Crippen LogP contribution in [-0.2, 0) is 19.1 Å². The Kier molecular flexibility index (Phi) is 5.95. The summed E-state index contributed by atoms with van der Waals surface area (Å²) in [5, 5.41) is 23.1. The number of likely N-dealkylation sites (N-methyl/N-ethyl adjacent to an activating group) is 1. The van der Waals surface area contributed by atoms with Crippen LogP contribution < -0.4 is 0 Å². The number of quaternary nitrogens is 1. The maximum Gasteiger partial charge on any atom is 0.362 e. The summed E-state index contributed by atoms with van der Waals surface area (Å²) in [6.07, 6.45) is 5.49. The van der Waals surface area contributed by atoms with Crippen molar-refractivity contribution in [3.8, 4) is 0 Å². The van der Waals surface area contributed by atoms with E-state index in [9.17, 15) is 24.6 Å². The molecule has 184 valence electrons. The fourth-order valence-electron chi connectivity index (χ4n) is 7.85. The van der Waals surface area contributed by atoms with Crippen LogP contribution in [0.4, 0.5) is 0 Å². The third kappa shape index (κ3) is 3.90. The first-order valence-electron chi connectivity index (χ1n) is 12.3. The van der Waals surface area contributed by atoms with Crippen molar-refractivity contribution in [1.29, 1.82) is 0 Å². The molecule has 0 aromatic carbocycles. The van der Waals surface area contributed by atoms with Gasteiger partial charge < -0.3 is 19.4 Å². The fourth-order valence-corrected chi connectivity index (χ4v) is 7.85. The second-order valence-corrected chi connectivity index (χ2v) is 12.5. The quantitative estimate of drug-likeness (QED) is 0.479. The zero-order chi connectivity index (χ0) is 24.4. The Labute approximate surface area is 196 Å². The van der Waals surface area contributed by atoms with Crippen LogP contribution in [0.25, 0.3) is 0 Å². The van der Waals surface area contributed by atoms with Crippen LogP contribution in [-0.4, -0.2) is 78.2 Å². The highest BCUT2D eigenvalue weighted by molar-refractivity contribution is 5.92. The average molecular weight is 463 g/mol. The molecule has 0 aliphatic heterocycles. The Morgan fingerprint density at radius 1 is 1.15 bits per heavy atom. The summed E-state index contributed by atoms with van der Waals surface area (Å²) in [5.74, 6) is -0.414. The Morgan fingerprint density at radius 3 is 2.52 bits per heavy atom. The predicted octanol–water partition coefficient (Wildman–Crippen LogP) is 2.04. The maximum absolute atomic E-state index is 13.2. The first-order chi connectivity index (χ1) is 15.2. The van der Waals surface area contributed by atoms with Gasteiger partial charge in [-0.1, -0.05) is 19.4 Å².